The number of furan rings is 1. The van der Waals surface area contributed by atoms with Gasteiger partial charge in [-0.05, 0) is 55.5 Å². The van der Waals surface area contributed by atoms with Gasteiger partial charge in [-0.2, -0.15) is 9.78 Å². The van der Waals surface area contributed by atoms with E-state index in [4.69, 9.17) is 37.1 Å². The van der Waals surface area contributed by atoms with Gasteiger partial charge in [0.05, 0.1) is 28.6 Å². The van der Waals surface area contributed by atoms with Crippen LogP contribution in [0.25, 0.3) is 33.5 Å². The molecular weight excluding hydrogens is 607 g/mol. The van der Waals surface area contributed by atoms with Crippen molar-refractivity contribution in [2.24, 2.45) is 5.10 Å². The summed E-state index contributed by atoms with van der Waals surface area (Å²) in [4.78, 5) is 29.9. The fourth-order valence-electron chi connectivity index (χ4n) is 4.63. The Morgan fingerprint density at radius 1 is 1.02 bits per heavy atom. The van der Waals surface area contributed by atoms with Crippen molar-refractivity contribution in [3.8, 4) is 23.1 Å². The molecule has 0 saturated heterocycles. The van der Waals surface area contributed by atoms with Crippen molar-refractivity contribution in [3.05, 3.63) is 127 Å². The highest BCUT2D eigenvalue weighted by Gasteiger charge is 2.23. The molecule has 0 unspecified atom stereocenters. The number of nitro benzene ring substituents is 1. The largest absolute Gasteiger partial charge is 0.490 e. The van der Waals surface area contributed by atoms with Crippen molar-refractivity contribution in [3.63, 3.8) is 0 Å². The van der Waals surface area contributed by atoms with Gasteiger partial charge in [0.1, 0.15) is 12.2 Å². The van der Waals surface area contributed by atoms with Crippen LogP contribution in [0, 0.1) is 10.1 Å². The molecule has 0 aliphatic carbocycles. The van der Waals surface area contributed by atoms with Crippen molar-refractivity contribution < 1.29 is 18.8 Å². The average Bonchev–Trinajstić information content (AvgIpc) is 3.43. The standard InChI is InChI=1S/C32H22Cl2N4O6/c1-2-42-28-14-19(13-26(38(40)41)30(28)43-18-20-7-3-5-9-24(20)34)17-35-37-31(36-25-10-6-4-8-23(25)32(37)39)29-16-21-15-22(33)11-12-27(21)44-29/h3-17H,2,18H2,1H3. The molecule has 0 spiro atoms. The van der Waals surface area contributed by atoms with Crippen LogP contribution < -0.4 is 15.0 Å². The van der Waals surface area contributed by atoms with E-state index in [1.54, 1.807) is 85.8 Å². The maximum absolute atomic E-state index is 13.6. The lowest BCUT2D eigenvalue weighted by atomic mass is 10.1. The number of fused-ring (bicyclic) bond motifs is 2. The van der Waals surface area contributed by atoms with Crippen LogP contribution in [0.5, 0.6) is 11.5 Å². The first kappa shape index (κ1) is 28.9. The molecule has 0 fully saturated rings. The van der Waals surface area contributed by atoms with E-state index in [1.165, 1.54) is 12.3 Å². The smallest absolute Gasteiger partial charge is 0.315 e. The van der Waals surface area contributed by atoms with Crippen LogP contribution in [0.1, 0.15) is 18.1 Å². The van der Waals surface area contributed by atoms with Crippen LogP contribution in [-0.2, 0) is 6.61 Å². The number of aromatic nitrogens is 2. The fraction of sp³-hybridized carbons (Fsp3) is 0.0938. The minimum absolute atomic E-state index is 0.0156. The average molecular weight is 629 g/mol. The van der Waals surface area contributed by atoms with Crippen LogP contribution in [0.3, 0.4) is 0 Å². The minimum Gasteiger partial charge on any atom is -0.490 e. The van der Waals surface area contributed by atoms with E-state index in [-0.39, 0.29) is 47.5 Å². The van der Waals surface area contributed by atoms with Gasteiger partial charge in [-0.15, -0.1) is 0 Å². The highest BCUT2D eigenvalue weighted by Crippen LogP contribution is 2.39. The number of nitrogens with zero attached hydrogens (tertiary/aromatic N) is 4. The normalized spacial score (nSPS) is 11.4. The number of para-hydroxylation sites is 1. The quantitative estimate of drug-likeness (QED) is 0.0906. The Hall–Kier alpha value is -5.19. The van der Waals surface area contributed by atoms with Crippen molar-refractivity contribution in [1.82, 2.24) is 9.66 Å². The third-order valence-corrected chi connectivity index (χ3v) is 7.26. The Morgan fingerprint density at radius 2 is 1.82 bits per heavy atom. The summed E-state index contributed by atoms with van der Waals surface area (Å²) >= 11 is 12.4. The van der Waals surface area contributed by atoms with Crippen molar-refractivity contribution >= 4 is 57.0 Å². The molecule has 0 radical (unpaired) electrons. The Labute approximate surface area is 259 Å². The first-order valence-electron chi connectivity index (χ1n) is 13.4. The molecule has 220 valence electrons. The van der Waals surface area contributed by atoms with Crippen molar-refractivity contribution in [2.45, 2.75) is 13.5 Å². The molecule has 4 aromatic carbocycles. The number of hydrogen-bond acceptors (Lipinski definition) is 8. The van der Waals surface area contributed by atoms with E-state index in [1.807, 2.05) is 0 Å². The molecule has 2 aromatic heterocycles. The molecule has 0 amide bonds. The molecule has 0 aliphatic heterocycles. The van der Waals surface area contributed by atoms with Gasteiger partial charge in [0.15, 0.2) is 11.5 Å². The summed E-state index contributed by atoms with van der Waals surface area (Å²) in [5.74, 6) is 0.497. The van der Waals surface area contributed by atoms with Crippen LogP contribution in [0.4, 0.5) is 5.69 Å². The molecule has 2 heterocycles. The molecule has 6 rings (SSSR count). The molecule has 0 atom stereocenters. The van der Waals surface area contributed by atoms with Gasteiger partial charge < -0.3 is 13.9 Å². The van der Waals surface area contributed by atoms with E-state index in [2.05, 4.69) is 10.1 Å². The van der Waals surface area contributed by atoms with E-state index in [0.29, 0.717) is 32.1 Å². The van der Waals surface area contributed by atoms with E-state index in [9.17, 15) is 14.9 Å². The van der Waals surface area contributed by atoms with Crippen LogP contribution >= 0.6 is 23.2 Å². The van der Waals surface area contributed by atoms with Gasteiger partial charge in [0.25, 0.3) is 5.56 Å². The molecule has 6 aromatic rings. The zero-order chi connectivity index (χ0) is 30.8. The third-order valence-electron chi connectivity index (χ3n) is 6.66. The summed E-state index contributed by atoms with van der Waals surface area (Å²) < 4.78 is 18.7. The lowest BCUT2D eigenvalue weighted by Gasteiger charge is -2.14. The Morgan fingerprint density at radius 3 is 2.61 bits per heavy atom. The summed E-state index contributed by atoms with van der Waals surface area (Å²) in [6.45, 7) is 1.95. The number of nitro groups is 1. The van der Waals surface area contributed by atoms with Crippen LogP contribution in [0.2, 0.25) is 10.0 Å². The molecule has 44 heavy (non-hydrogen) atoms. The monoisotopic (exact) mass is 628 g/mol. The predicted molar refractivity (Wildman–Crippen MR) is 169 cm³/mol. The van der Waals surface area contributed by atoms with Gasteiger partial charge in [-0.25, -0.2) is 4.98 Å². The third kappa shape index (κ3) is 5.72. The SMILES string of the molecule is CCOc1cc(C=Nn2c(-c3cc4cc(Cl)ccc4o3)nc3ccccc3c2=O)cc([N+](=O)[O-])c1OCc1ccccc1Cl. The van der Waals surface area contributed by atoms with Crippen molar-refractivity contribution in [1.29, 1.82) is 0 Å². The van der Waals surface area contributed by atoms with E-state index < -0.39 is 10.5 Å². The molecule has 0 aliphatic rings. The van der Waals surface area contributed by atoms with E-state index in [0.717, 1.165) is 10.1 Å². The molecule has 10 nitrogen and oxygen atoms in total. The van der Waals surface area contributed by atoms with Crippen LogP contribution in [-0.4, -0.2) is 27.4 Å². The number of hydrogen-bond donors (Lipinski definition) is 0. The van der Waals surface area contributed by atoms with Gasteiger partial charge in [0.2, 0.25) is 11.6 Å². The van der Waals surface area contributed by atoms with Gasteiger partial charge in [-0.1, -0.05) is 53.5 Å². The number of benzene rings is 4. The first-order chi connectivity index (χ1) is 21.3. The molecule has 0 saturated carbocycles. The Bertz CT molecular complexity index is 2140. The second kappa shape index (κ2) is 12.2. The number of rotatable bonds is 9. The molecular formula is C32H22Cl2N4O6. The maximum Gasteiger partial charge on any atom is 0.315 e. The van der Waals surface area contributed by atoms with E-state index >= 15 is 0 Å². The summed E-state index contributed by atoms with van der Waals surface area (Å²) in [6, 6.07) is 23.6. The highest BCUT2D eigenvalue weighted by atomic mass is 35.5. The fourth-order valence-corrected chi connectivity index (χ4v) is 5.00. The Kier molecular flexibility index (Phi) is 8.01. The van der Waals surface area contributed by atoms with Gasteiger partial charge in [0, 0.05) is 32.6 Å². The molecule has 0 bridgehead atoms. The first-order valence-corrected chi connectivity index (χ1v) is 14.1. The Balaban J connectivity index is 1.45. The lowest BCUT2D eigenvalue weighted by Crippen LogP contribution is -2.20. The van der Waals surface area contributed by atoms with Crippen LogP contribution in [0.15, 0.2) is 99.2 Å². The molecule has 0 N–H and O–H groups in total. The van der Waals surface area contributed by atoms with Gasteiger partial charge in [-0.3, -0.25) is 14.9 Å². The summed E-state index contributed by atoms with van der Waals surface area (Å²) in [5.41, 5.74) is 1.13. The highest BCUT2D eigenvalue weighted by molar-refractivity contribution is 6.31. The minimum atomic E-state index is -0.573. The summed E-state index contributed by atoms with van der Waals surface area (Å²) in [7, 11) is 0. The predicted octanol–water partition coefficient (Wildman–Crippen LogP) is 7.88. The zero-order valence-electron chi connectivity index (χ0n) is 23.1. The summed E-state index contributed by atoms with van der Waals surface area (Å²) in [6.07, 6.45) is 1.31. The summed E-state index contributed by atoms with van der Waals surface area (Å²) in [5, 5.41) is 18.6. The second-order valence-corrected chi connectivity index (χ2v) is 10.4. The van der Waals surface area contributed by atoms with Crippen molar-refractivity contribution in [2.75, 3.05) is 6.61 Å². The number of ether oxygens (including phenoxy) is 2. The van der Waals surface area contributed by atoms with Gasteiger partial charge >= 0.3 is 5.69 Å². The lowest BCUT2D eigenvalue weighted by molar-refractivity contribution is -0.386. The second-order valence-electron chi connectivity index (χ2n) is 9.54. The zero-order valence-corrected chi connectivity index (χ0v) is 24.6. The number of halogens is 2. The topological polar surface area (TPSA) is 122 Å². The molecule has 12 heteroatoms. The maximum atomic E-state index is 13.6.